The zero-order chi connectivity index (χ0) is 10.7. The Labute approximate surface area is 82.2 Å². The summed E-state index contributed by atoms with van der Waals surface area (Å²) in [6.45, 7) is 12.5. The fourth-order valence-electron chi connectivity index (χ4n) is 0.925. The first-order valence-corrected chi connectivity index (χ1v) is 4.82. The number of carbonyl (C=O) groups excluding carboxylic acids is 1. The SMILES string of the molecule is CC(C)(C)/C=C/C(=O)CC(C)(C)C. The Morgan fingerprint density at radius 1 is 1.08 bits per heavy atom. The lowest BCUT2D eigenvalue weighted by atomic mass is 9.88. The second-order valence-corrected chi connectivity index (χ2v) is 5.90. The lowest BCUT2D eigenvalue weighted by molar-refractivity contribution is -0.116. The molecule has 0 saturated carbocycles. The van der Waals surface area contributed by atoms with E-state index < -0.39 is 0 Å². The van der Waals surface area contributed by atoms with E-state index in [0.29, 0.717) is 6.42 Å². The monoisotopic (exact) mass is 182 g/mol. The molecule has 1 heteroatoms. The van der Waals surface area contributed by atoms with Crippen molar-refractivity contribution in [3.63, 3.8) is 0 Å². The molecule has 0 aliphatic heterocycles. The number of ketones is 1. The minimum absolute atomic E-state index is 0.0965. The number of hydrogen-bond donors (Lipinski definition) is 0. The first-order chi connectivity index (χ1) is 5.60. The van der Waals surface area contributed by atoms with Crippen LogP contribution in [0.1, 0.15) is 48.0 Å². The summed E-state index contributed by atoms with van der Waals surface area (Å²) >= 11 is 0. The molecule has 0 aromatic rings. The molecule has 0 radical (unpaired) electrons. The average Bonchev–Trinajstić information content (AvgIpc) is 1.78. The van der Waals surface area contributed by atoms with Crippen LogP contribution in [0.25, 0.3) is 0 Å². The van der Waals surface area contributed by atoms with E-state index >= 15 is 0 Å². The maximum atomic E-state index is 11.4. The van der Waals surface area contributed by atoms with Gasteiger partial charge in [0.25, 0.3) is 0 Å². The molecule has 76 valence electrons. The molecular formula is C12H22O. The van der Waals surface area contributed by atoms with Gasteiger partial charge in [0.1, 0.15) is 0 Å². The fraction of sp³-hybridized carbons (Fsp3) is 0.750. The van der Waals surface area contributed by atoms with Crippen molar-refractivity contribution in [1.29, 1.82) is 0 Å². The van der Waals surface area contributed by atoms with Gasteiger partial charge in [0.05, 0.1) is 0 Å². The Hall–Kier alpha value is -0.590. The predicted molar refractivity (Wildman–Crippen MR) is 57.7 cm³/mol. The molecule has 0 aliphatic rings. The second-order valence-electron chi connectivity index (χ2n) is 5.90. The maximum absolute atomic E-state index is 11.4. The van der Waals surface area contributed by atoms with Gasteiger partial charge in [0.2, 0.25) is 0 Å². The highest BCUT2D eigenvalue weighted by Gasteiger charge is 2.14. The van der Waals surface area contributed by atoms with Crippen molar-refractivity contribution in [3.05, 3.63) is 12.2 Å². The summed E-state index contributed by atoms with van der Waals surface area (Å²) in [5.41, 5.74) is 0.201. The van der Waals surface area contributed by atoms with Crippen LogP contribution in [0.3, 0.4) is 0 Å². The van der Waals surface area contributed by atoms with Crippen molar-refractivity contribution >= 4 is 5.78 Å². The zero-order valence-corrected chi connectivity index (χ0v) is 9.77. The molecule has 0 heterocycles. The highest BCUT2D eigenvalue weighted by atomic mass is 16.1. The van der Waals surface area contributed by atoms with Crippen LogP contribution in [0.5, 0.6) is 0 Å². The second kappa shape index (κ2) is 4.08. The maximum Gasteiger partial charge on any atom is 0.155 e. The van der Waals surface area contributed by atoms with Gasteiger partial charge < -0.3 is 0 Å². The van der Waals surface area contributed by atoms with E-state index in [1.54, 1.807) is 6.08 Å². The van der Waals surface area contributed by atoms with Crippen molar-refractivity contribution in [1.82, 2.24) is 0 Å². The molecule has 0 unspecified atom stereocenters. The highest BCUT2D eigenvalue weighted by Crippen LogP contribution is 2.20. The van der Waals surface area contributed by atoms with Gasteiger partial charge in [-0.1, -0.05) is 47.6 Å². The fourth-order valence-corrected chi connectivity index (χ4v) is 0.925. The molecule has 0 fully saturated rings. The van der Waals surface area contributed by atoms with Crippen LogP contribution in [0.2, 0.25) is 0 Å². The van der Waals surface area contributed by atoms with Crippen LogP contribution < -0.4 is 0 Å². The molecule has 0 bridgehead atoms. The van der Waals surface area contributed by atoms with E-state index in [0.717, 1.165) is 0 Å². The molecule has 0 saturated heterocycles. The van der Waals surface area contributed by atoms with Gasteiger partial charge in [-0.15, -0.1) is 0 Å². The quantitative estimate of drug-likeness (QED) is 0.596. The number of hydrogen-bond acceptors (Lipinski definition) is 1. The van der Waals surface area contributed by atoms with Gasteiger partial charge >= 0.3 is 0 Å². The summed E-state index contributed by atoms with van der Waals surface area (Å²) in [7, 11) is 0. The van der Waals surface area contributed by atoms with Crippen molar-refractivity contribution in [3.8, 4) is 0 Å². The number of carbonyl (C=O) groups is 1. The Morgan fingerprint density at radius 3 is 1.85 bits per heavy atom. The normalized spacial score (nSPS) is 13.7. The van der Waals surface area contributed by atoms with E-state index in [2.05, 4.69) is 41.5 Å². The van der Waals surface area contributed by atoms with Crippen molar-refractivity contribution in [2.75, 3.05) is 0 Å². The van der Waals surface area contributed by atoms with Crippen molar-refractivity contribution < 1.29 is 4.79 Å². The van der Waals surface area contributed by atoms with Crippen LogP contribution in [0.4, 0.5) is 0 Å². The third-order valence-corrected chi connectivity index (χ3v) is 1.47. The van der Waals surface area contributed by atoms with Crippen LogP contribution in [-0.2, 0) is 4.79 Å². The largest absolute Gasteiger partial charge is 0.295 e. The van der Waals surface area contributed by atoms with Crippen molar-refractivity contribution in [2.24, 2.45) is 10.8 Å². The van der Waals surface area contributed by atoms with Crippen LogP contribution >= 0.6 is 0 Å². The summed E-state index contributed by atoms with van der Waals surface area (Å²) in [5.74, 6) is 0.224. The smallest absolute Gasteiger partial charge is 0.155 e. The summed E-state index contributed by atoms with van der Waals surface area (Å²) in [6.07, 6.45) is 4.31. The minimum atomic E-state index is 0.0965. The zero-order valence-electron chi connectivity index (χ0n) is 9.77. The molecule has 0 aromatic heterocycles. The number of allylic oxidation sites excluding steroid dienone is 2. The van der Waals surface area contributed by atoms with E-state index in [4.69, 9.17) is 0 Å². The summed E-state index contributed by atoms with van der Waals surface area (Å²) in [5, 5.41) is 0. The Morgan fingerprint density at radius 2 is 1.54 bits per heavy atom. The van der Waals surface area contributed by atoms with E-state index in [-0.39, 0.29) is 16.6 Å². The minimum Gasteiger partial charge on any atom is -0.295 e. The van der Waals surface area contributed by atoms with E-state index in [1.165, 1.54) is 0 Å². The first-order valence-electron chi connectivity index (χ1n) is 4.82. The van der Waals surface area contributed by atoms with Gasteiger partial charge in [0, 0.05) is 6.42 Å². The molecule has 1 nitrogen and oxygen atoms in total. The summed E-state index contributed by atoms with van der Waals surface area (Å²) in [6, 6.07) is 0. The molecule has 0 spiro atoms. The van der Waals surface area contributed by atoms with Gasteiger partial charge in [-0.2, -0.15) is 0 Å². The Balaban J connectivity index is 4.11. The third kappa shape index (κ3) is 9.32. The third-order valence-electron chi connectivity index (χ3n) is 1.47. The lowest BCUT2D eigenvalue weighted by Crippen LogP contribution is -2.11. The molecule has 0 aromatic carbocycles. The van der Waals surface area contributed by atoms with Crippen LogP contribution in [0, 0.1) is 10.8 Å². The Kier molecular flexibility index (Phi) is 3.89. The predicted octanol–water partition coefficient (Wildman–Crippen LogP) is 3.59. The molecule has 0 aliphatic carbocycles. The van der Waals surface area contributed by atoms with Crippen LogP contribution in [0.15, 0.2) is 12.2 Å². The molecule has 0 N–H and O–H groups in total. The van der Waals surface area contributed by atoms with E-state index in [9.17, 15) is 4.79 Å². The summed E-state index contributed by atoms with van der Waals surface area (Å²) in [4.78, 5) is 11.4. The van der Waals surface area contributed by atoms with Gasteiger partial charge in [-0.3, -0.25) is 4.79 Å². The molecule has 0 atom stereocenters. The standard InChI is InChI=1S/C12H22O/c1-11(2,3)8-7-10(13)9-12(4,5)6/h7-8H,9H2,1-6H3/b8-7+. The van der Waals surface area contributed by atoms with Gasteiger partial charge in [-0.05, 0) is 16.9 Å². The molecule has 0 amide bonds. The van der Waals surface area contributed by atoms with Crippen LogP contribution in [-0.4, -0.2) is 5.78 Å². The van der Waals surface area contributed by atoms with Gasteiger partial charge in [-0.25, -0.2) is 0 Å². The molecular weight excluding hydrogens is 160 g/mol. The number of rotatable bonds is 2. The summed E-state index contributed by atoms with van der Waals surface area (Å²) < 4.78 is 0. The Bertz CT molecular complexity index is 198. The first kappa shape index (κ1) is 12.4. The highest BCUT2D eigenvalue weighted by molar-refractivity contribution is 5.90. The topological polar surface area (TPSA) is 17.1 Å². The average molecular weight is 182 g/mol. The van der Waals surface area contributed by atoms with Gasteiger partial charge in [0.15, 0.2) is 5.78 Å². The van der Waals surface area contributed by atoms with Crippen molar-refractivity contribution in [2.45, 2.75) is 48.0 Å². The molecule has 0 rings (SSSR count). The lowest BCUT2D eigenvalue weighted by Gasteiger charge is -2.16. The molecule has 13 heavy (non-hydrogen) atoms. The van der Waals surface area contributed by atoms with E-state index in [1.807, 2.05) is 6.08 Å².